The molecule has 1 rings (SSSR count). The summed E-state index contributed by atoms with van der Waals surface area (Å²) in [6.07, 6.45) is 2.61. The van der Waals surface area contributed by atoms with E-state index >= 15 is 0 Å². The van der Waals surface area contributed by atoms with Crippen molar-refractivity contribution < 1.29 is 9.15 Å². The molecule has 1 unspecified atom stereocenters. The quantitative estimate of drug-likeness (QED) is 0.779. The third kappa shape index (κ3) is 8.17. The van der Waals surface area contributed by atoms with Crippen LogP contribution in [0.4, 0.5) is 0 Å². The molecule has 15 heavy (non-hydrogen) atoms. The lowest BCUT2D eigenvalue weighted by atomic mass is 10.3. The minimum atomic E-state index is 0.231. The molecule has 0 saturated carbocycles. The summed E-state index contributed by atoms with van der Waals surface area (Å²) >= 11 is 0. The van der Waals surface area contributed by atoms with Crippen LogP contribution in [-0.4, -0.2) is 19.3 Å². The first-order chi connectivity index (χ1) is 7.24. The van der Waals surface area contributed by atoms with Gasteiger partial charge >= 0.3 is 0 Å². The van der Waals surface area contributed by atoms with Crippen molar-refractivity contribution >= 4 is 0 Å². The second kappa shape index (κ2) is 9.71. The summed E-state index contributed by atoms with van der Waals surface area (Å²) in [6.45, 7) is 6.00. The summed E-state index contributed by atoms with van der Waals surface area (Å²) in [5, 5.41) is 0. The Morgan fingerprint density at radius 2 is 2.20 bits per heavy atom. The second-order valence-electron chi connectivity index (χ2n) is 3.11. The van der Waals surface area contributed by atoms with E-state index < -0.39 is 0 Å². The zero-order valence-corrected chi connectivity index (χ0v) is 9.61. The maximum atomic E-state index is 5.53. The molecule has 88 valence electrons. The molecule has 0 bridgehead atoms. The highest BCUT2D eigenvalue weighted by Crippen LogP contribution is 1.95. The Hall–Kier alpha value is -0.840. The van der Waals surface area contributed by atoms with Gasteiger partial charge in [-0.2, -0.15) is 0 Å². The van der Waals surface area contributed by atoms with Crippen molar-refractivity contribution in [1.82, 2.24) is 0 Å². The molecule has 1 heterocycles. The zero-order chi connectivity index (χ0) is 11.5. The highest BCUT2D eigenvalue weighted by atomic mass is 16.5. The summed E-state index contributed by atoms with van der Waals surface area (Å²) in [7, 11) is 0. The maximum absolute atomic E-state index is 5.53. The number of hydrogen-bond donors (Lipinski definition) is 2. The van der Waals surface area contributed by atoms with E-state index in [4.69, 9.17) is 20.6 Å². The molecule has 0 saturated heterocycles. The normalized spacial score (nSPS) is 11.7. The van der Waals surface area contributed by atoms with Gasteiger partial charge in [-0.3, -0.25) is 0 Å². The third-order valence-corrected chi connectivity index (χ3v) is 1.84. The Balaban J connectivity index is 0.000000262. The van der Waals surface area contributed by atoms with Gasteiger partial charge in [0, 0.05) is 12.6 Å². The molecular weight excluding hydrogens is 192 g/mol. The molecule has 1 atom stereocenters. The third-order valence-electron chi connectivity index (χ3n) is 1.84. The van der Waals surface area contributed by atoms with Crippen LogP contribution >= 0.6 is 0 Å². The maximum Gasteiger partial charge on any atom is 0.117 e. The molecule has 1 aromatic rings. The first kappa shape index (κ1) is 14.2. The molecule has 0 aliphatic rings. The fraction of sp³-hybridized carbons (Fsp3) is 0.636. The van der Waals surface area contributed by atoms with Crippen LogP contribution in [0, 0.1) is 0 Å². The minimum absolute atomic E-state index is 0.231. The lowest BCUT2D eigenvalue weighted by Gasteiger charge is -2.06. The van der Waals surface area contributed by atoms with E-state index in [1.54, 1.807) is 6.26 Å². The number of furan rings is 1. The number of rotatable bonds is 5. The van der Waals surface area contributed by atoms with Crippen molar-refractivity contribution in [1.29, 1.82) is 0 Å². The summed E-state index contributed by atoms with van der Waals surface area (Å²) in [5.41, 5.74) is 10.7. The average molecular weight is 214 g/mol. The second-order valence-corrected chi connectivity index (χ2v) is 3.11. The Morgan fingerprint density at radius 3 is 2.53 bits per heavy atom. The van der Waals surface area contributed by atoms with Gasteiger partial charge < -0.3 is 20.6 Å². The molecule has 0 radical (unpaired) electrons. The van der Waals surface area contributed by atoms with Crippen LogP contribution in [-0.2, 0) is 11.3 Å². The molecule has 0 spiro atoms. The van der Waals surface area contributed by atoms with Crippen molar-refractivity contribution in [3.05, 3.63) is 24.2 Å². The largest absolute Gasteiger partial charge is 0.468 e. The fourth-order valence-electron chi connectivity index (χ4n) is 0.816. The Kier molecular flexibility index (Phi) is 9.16. The lowest BCUT2D eigenvalue weighted by Crippen LogP contribution is -2.24. The van der Waals surface area contributed by atoms with E-state index in [0.29, 0.717) is 13.2 Å². The van der Waals surface area contributed by atoms with Crippen molar-refractivity contribution in [2.24, 2.45) is 11.5 Å². The molecule has 1 aromatic heterocycles. The fourth-order valence-corrected chi connectivity index (χ4v) is 0.816. The first-order valence-corrected chi connectivity index (χ1v) is 5.30. The van der Waals surface area contributed by atoms with Gasteiger partial charge in [0.2, 0.25) is 0 Å². The van der Waals surface area contributed by atoms with Crippen LogP contribution < -0.4 is 11.5 Å². The van der Waals surface area contributed by atoms with E-state index in [0.717, 1.165) is 18.8 Å². The van der Waals surface area contributed by atoms with Crippen LogP contribution in [0.2, 0.25) is 0 Å². The molecular formula is C11H22N2O2. The zero-order valence-electron chi connectivity index (χ0n) is 9.61. The molecule has 0 amide bonds. The smallest absolute Gasteiger partial charge is 0.117 e. The number of ether oxygens (including phenoxy) is 1. The lowest BCUT2D eigenvalue weighted by molar-refractivity contribution is 0.132. The Bertz CT molecular complexity index is 212. The van der Waals surface area contributed by atoms with Gasteiger partial charge in [0.1, 0.15) is 5.76 Å². The van der Waals surface area contributed by atoms with Gasteiger partial charge in [-0.15, -0.1) is 0 Å². The molecule has 0 fully saturated rings. The Labute approximate surface area is 91.6 Å². The van der Waals surface area contributed by atoms with Crippen molar-refractivity contribution in [3.8, 4) is 0 Å². The van der Waals surface area contributed by atoms with Gasteiger partial charge in [-0.1, -0.05) is 6.92 Å². The molecule has 0 aromatic carbocycles. The first-order valence-electron chi connectivity index (χ1n) is 5.30. The van der Waals surface area contributed by atoms with Crippen LogP contribution in [0.25, 0.3) is 0 Å². The van der Waals surface area contributed by atoms with Crippen LogP contribution in [0.3, 0.4) is 0 Å². The van der Waals surface area contributed by atoms with E-state index in [9.17, 15) is 0 Å². The van der Waals surface area contributed by atoms with Crippen LogP contribution in [0.1, 0.15) is 26.0 Å². The topological polar surface area (TPSA) is 74.4 Å². The van der Waals surface area contributed by atoms with Crippen molar-refractivity contribution in [2.45, 2.75) is 32.9 Å². The predicted molar refractivity (Wildman–Crippen MR) is 61.4 cm³/mol. The van der Waals surface area contributed by atoms with E-state index in [2.05, 4.69) is 6.92 Å². The van der Waals surface area contributed by atoms with Crippen molar-refractivity contribution in [3.63, 3.8) is 0 Å². The Morgan fingerprint density at radius 1 is 1.47 bits per heavy atom. The summed E-state index contributed by atoms with van der Waals surface area (Å²) in [5.74, 6) is 0.833. The summed E-state index contributed by atoms with van der Waals surface area (Å²) < 4.78 is 9.92. The van der Waals surface area contributed by atoms with Gasteiger partial charge in [0.05, 0.1) is 19.4 Å². The summed E-state index contributed by atoms with van der Waals surface area (Å²) in [6, 6.07) is 3.90. The highest BCUT2D eigenvalue weighted by Gasteiger charge is 1.94. The van der Waals surface area contributed by atoms with Crippen molar-refractivity contribution in [2.75, 3.05) is 13.2 Å². The number of hydrogen-bond acceptors (Lipinski definition) is 4. The molecule has 4 heteroatoms. The van der Waals surface area contributed by atoms with E-state index in [1.807, 2.05) is 19.1 Å². The molecule has 4 nitrogen and oxygen atoms in total. The van der Waals surface area contributed by atoms with Gasteiger partial charge in [-0.05, 0) is 25.5 Å². The molecule has 4 N–H and O–H groups in total. The van der Waals surface area contributed by atoms with Gasteiger partial charge in [0.25, 0.3) is 0 Å². The average Bonchev–Trinajstić information content (AvgIpc) is 2.79. The molecule has 0 aliphatic heterocycles. The van der Waals surface area contributed by atoms with Crippen LogP contribution in [0.5, 0.6) is 0 Å². The standard InChI is InChI=1S/C6H15NO.C5H7NO/c1-3-6(7)5-8-4-2;6-4-5-2-1-3-7-5/h6H,3-5,7H2,1-2H3;1-3H,4,6H2. The SMILES string of the molecule is CCOCC(N)CC.NCc1ccco1. The number of nitrogens with two attached hydrogens (primary N) is 2. The predicted octanol–water partition coefficient (Wildman–Crippen LogP) is 1.50. The van der Waals surface area contributed by atoms with Crippen LogP contribution in [0.15, 0.2) is 22.8 Å². The highest BCUT2D eigenvalue weighted by molar-refractivity contribution is 4.96. The van der Waals surface area contributed by atoms with E-state index in [1.165, 1.54) is 0 Å². The summed E-state index contributed by atoms with van der Waals surface area (Å²) in [4.78, 5) is 0. The monoisotopic (exact) mass is 214 g/mol. The van der Waals surface area contributed by atoms with Gasteiger partial charge in [-0.25, -0.2) is 0 Å². The molecule has 0 aliphatic carbocycles. The minimum Gasteiger partial charge on any atom is -0.468 e. The van der Waals surface area contributed by atoms with Gasteiger partial charge in [0.15, 0.2) is 0 Å². The van der Waals surface area contributed by atoms with E-state index in [-0.39, 0.29) is 6.04 Å².